The summed E-state index contributed by atoms with van der Waals surface area (Å²) in [5.74, 6) is 2.18. The van der Waals surface area contributed by atoms with Crippen LogP contribution in [-0.2, 0) is 6.54 Å². The zero-order valence-electron chi connectivity index (χ0n) is 17.7. The molecule has 7 heteroatoms. The molecule has 31 heavy (non-hydrogen) atoms. The van der Waals surface area contributed by atoms with E-state index in [9.17, 15) is 0 Å². The van der Waals surface area contributed by atoms with Crippen molar-refractivity contribution in [3.63, 3.8) is 0 Å². The molecule has 0 fully saturated rings. The second kappa shape index (κ2) is 9.75. The van der Waals surface area contributed by atoms with Gasteiger partial charge in [0.1, 0.15) is 12.1 Å². The number of hydrogen-bond acceptors (Lipinski definition) is 5. The lowest BCUT2D eigenvalue weighted by atomic mass is 10.1. The summed E-state index contributed by atoms with van der Waals surface area (Å²) in [6, 6.07) is 20.3. The number of fused-ring (bicyclic) bond motifs is 1. The first-order valence-electron chi connectivity index (χ1n) is 10.3. The van der Waals surface area contributed by atoms with Crippen LogP contribution in [0.3, 0.4) is 0 Å². The fraction of sp³-hybridized carbons (Fsp3) is 0.208. The highest BCUT2D eigenvalue weighted by atomic mass is 16.3. The number of pyridine rings is 1. The van der Waals surface area contributed by atoms with E-state index >= 15 is 0 Å². The number of rotatable bonds is 7. The molecule has 0 amide bonds. The maximum absolute atomic E-state index is 5.61. The number of aryl methyl sites for hydroxylation is 1. The average Bonchev–Trinajstić information content (AvgIpc) is 3.28. The van der Waals surface area contributed by atoms with Crippen LogP contribution in [0.4, 0.5) is 5.82 Å². The van der Waals surface area contributed by atoms with E-state index in [4.69, 9.17) is 4.42 Å². The van der Waals surface area contributed by atoms with Crippen molar-refractivity contribution in [3.8, 4) is 11.5 Å². The van der Waals surface area contributed by atoms with Crippen molar-refractivity contribution in [1.82, 2.24) is 20.6 Å². The topological polar surface area (TPSA) is 87.4 Å². The number of aliphatic imine (C=N–C) groups is 1. The highest BCUT2D eigenvalue weighted by Crippen LogP contribution is 2.19. The van der Waals surface area contributed by atoms with E-state index in [1.54, 1.807) is 13.3 Å². The molecule has 3 N–H and O–H groups in total. The van der Waals surface area contributed by atoms with Crippen molar-refractivity contribution in [2.75, 3.05) is 25.5 Å². The van der Waals surface area contributed by atoms with Crippen LogP contribution in [0.15, 0.2) is 76.3 Å². The van der Waals surface area contributed by atoms with E-state index in [0.29, 0.717) is 31.5 Å². The van der Waals surface area contributed by atoms with Gasteiger partial charge in [-0.15, -0.1) is 0 Å². The van der Waals surface area contributed by atoms with Gasteiger partial charge in [0, 0.05) is 31.1 Å². The number of hydrogen-bond donors (Lipinski definition) is 3. The molecule has 0 atom stereocenters. The highest BCUT2D eigenvalue weighted by molar-refractivity contribution is 5.80. The largest absolute Gasteiger partial charge is 0.444 e. The summed E-state index contributed by atoms with van der Waals surface area (Å²) in [7, 11) is 1.74. The summed E-state index contributed by atoms with van der Waals surface area (Å²) < 4.78 is 5.61. The molecular weight excluding hydrogens is 388 g/mol. The van der Waals surface area contributed by atoms with Crippen LogP contribution in [0.1, 0.15) is 11.3 Å². The van der Waals surface area contributed by atoms with E-state index in [2.05, 4.69) is 50.0 Å². The first-order chi connectivity index (χ1) is 15.2. The Labute approximate surface area is 181 Å². The van der Waals surface area contributed by atoms with Gasteiger partial charge in [-0.25, -0.2) is 9.97 Å². The number of aromatic nitrogens is 2. The minimum absolute atomic E-state index is 0.523. The third kappa shape index (κ3) is 5.39. The smallest absolute Gasteiger partial charge is 0.226 e. The molecule has 4 rings (SSSR count). The van der Waals surface area contributed by atoms with Gasteiger partial charge in [0.05, 0.1) is 17.8 Å². The number of nitrogens with one attached hydrogen (secondary N) is 3. The van der Waals surface area contributed by atoms with Crippen LogP contribution < -0.4 is 16.0 Å². The highest BCUT2D eigenvalue weighted by Gasteiger charge is 2.07. The van der Waals surface area contributed by atoms with Crippen LogP contribution in [0.25, 0.3) is 22.4 Å². The number of para-hydroxylation sites is 1. The summed E-state index contributed by atoms with van der Waals surface area (Å²) in [6.07, 6.45) is 1.67. The van der Waals surface area contributed by atoms with Gasteiger partial charge >= 0.3 is 0 Å². The van der Waals surface area contributed by atoms with E-state index < -0.39 is 0 Å². The summed E-state index contributed by atoms with van der Waals surface area (Å²) in [6.45, 7) is 3.99. The number of oxazole rings is 1. The number of guanidine groups is 1. The molecule has 0 radical (unpaired) electrons. The van der Waals surface area contributed by atoms with Crippen molar-refractivity contribution in [2.45, 2.75) is 13.5 Å². The van der Waals surface area contributed by atoms with Gasteiger partial charge < -0.3 is 20.4 Å². The van der Waals surface area contributed by atoms with Crippen LogP contribution in [0.5, 0.6) is 0 Å². The molecule has 0 unspecified atom stereocenters. The molecule has 0 spiro atoms. The fourth-order valence-electron chi connectivity index (χ4n) is 3.15. The molecule has 0 bridgehead atoms. The van der Waals surface area contributed by atoms with Crippen LogP contribution in [0.2, 0.25) is 0 Å². The standard InChI is InChI=1S/C24H26N6O/c1-17-7-9-19(10-8-17)23-29-20(16-31-23)15-28-24(25-2)27-14-13-26-22-12-11-18-5-3-4-6-21(18)30-22/h3-12,16H,13-15H2,1-2H3,(H,26,30)(H2,25,27,28). The summed E-state index contributed by atoms with van der Waals surface area (Å²) in [5, 5.41) is 11.0. The minimum atomic E-state index is 0.523. The fourth-order valence-corrected chi connectivity index (χ4v) is 3.15. The van der Waals surface area contributed by atoms with E-state index in [1.807, 2.05) is 48.5 Å². The molecule has 0 aliphatic carbocycles. The van der Waals surface area contributed by atoms with Crippen molar-refractivity contribution in [2.24, 2.45) is 4.99 Å². The second-order valence-electron chi connectivity index (χ2n) is 7.18. The maximum atomic E-state index is 5.61. The lowest BCUT2D eigenvalue weighted by molar-refractivity contribution is 0.572. The monoisotopic (exact) mass is 414 g/mol. The van der Waals surface area contributed by atoms with E-state index in [0.717, 1.165) is 28.0 Å². The molecule has 0 aliphatic rings. The molecule has 0 aliphatic heterocycles. The maximum Gasteiger partial charge on any atom is 0.226 e. The Morgan fingerprint density at radius 3 is 2.61 bits per heavy atom. The summed E-state index contributed by atoms with van der Waals surface area (Å²) >= 11 is 0. The Morgan fingerprint density at radius 1 is 0.935 bits per heavy atom. The van der Waals surface area contributed by atoms with Crippen LogP contribution in [0, 0.1) is 6.92 Å². The van der Waals surface area contributed by atoms with Gasteiger partial charge in [-0.2, -0.15) is 0 Å². The number of nitrogens with zero attached hydrogens (tertiary/aromatic N) is 3. The third-order valence-electron chi connectivity index (χ3n) is 4.83. The average molecular weight is 415 g/mol. The Bertz CT molecular complexity index is 1170. The zero-order valence-corrected chi connectivity index (χ0v) is 17.7. The molecular formula is C24H26N6O. The van der Waals surface area contributed by atoms with E-state index in [1.165, 1.54) is 5.56 Å². The lowest BCUT2D eigenvalue weighted by Gasteiger charge is -2.12. The zero-order chi connectivity index (χ0) is 21.5. The summed E-state index contributed by atoms with van der Waals surface area (Å²) in [4.78, 5) is 13.4. The van der Waals surface area contributed by atoms with Crippen LogP contribution in [-0.4, -0.2) is 36.1 Å². The molecule has 158 valence electrons. The van der Waals surface area contributed by atoms with Crippen molar-refractivity contribution in [1.29, 1.82) is 0 Å². The van der Waals surface area contributed by atoms with E-state index in [-0.39, 0.29) is 0 Å². The van der Waals surface area contributed by atoms with Gasteiger partial charge in [-0.1, -0.05) is 35.9 Å². The lowest BCUT2D eigenvalue weighted by Crippen LogP contribution is -2.39. The van der Waals surface area contributed by atoms with Crippen molar-refractivity contribution < 1.29 is 4.42 Å². The van der Waals surface area contributed by atoms with Crippen LogP contribution >= 0.6 is 0 Å². The Hall–Kier alpha value is -3.87. The number of benzene rings is 2. The first kappa shape index (κ1) is 20.4. The number of anilines is 1. The molecule has 2 heterocycles. The molecule has 2 aromatic heterocycles. The predicted octanol–water partition coefficient (Wildman–Crippen LogP) is 3.98. The normalized spacial score (nSPS) is 11.5. The first-order valence-corrected chi connectivity index (χ1v) is 10.3. The molecule has 0 saturated heterocycles. The quantitative estimate of drug-likeness (QED) is 0.241. The SMILES string of the molecule is CN=C(NCCNc1ccc2ccccc2n1)NCc1coc(-c2ccc(C)cc2)n1. The van der Waals surface area contributed by atoms with Gasteiger partial charge in [-0.05, 0) is 37.3 Å². The predicted molar refractivity (Wildman–Crippen MR) is 125 cm³/mol. The molecule has 7 nitrogen and oxygen atoms in total. The summed E-state index contributed by atoms with van der Waals surface area (Å²) in [5.41, 5.74) is 3.97. The van der Waals surface area contributed by atoms with Crippen molar-refractivity contribution >= 4 is 22.7 Å². The van der Waals surface area contributed by atoms with Gasteiger partial charge in [0.2, 0.25) is 5.89 Å². The van der Waals surface area contributed by atoms with Crippen molar-refractivity contribution in [3.05, 3.63) is 78.2 Å². The van der Waals surface area contributed by atoms with Gasteiger partial charge in [0.25, 0.3) is 0 Å². The second-order valence-corrected chi connectivity index (χ2v) is 7.18. The molecule has 4 aromatic rings. The van der Waals surface area contributed by atoms with Gasteiger partial charge in [0.15, 0.2) is 5.96 Å². The molecule has 0 saturated carbocycles. The Morgan fingerprint density at radius 2 is 1.77 bits per heavy atom. The Balaban J connectivity index is 1.23. The molecule has 2 aromatic carbocycles. The Kier molecular flexibility index (Phi) is 6.42. The van der Waals surface area contributed by atoms with Gasteiger partial charge in [-0.3, -0.25) is 4.99 Å². The minimum Gasteiger partial charge on any atom is -0.444 e. The third-order valence-corrected chi connectivity index (χ3v) is 4.83.